The predicted molar refractivity (Wildman–Crippen MR) is 90.0 cm³/mol. The lowest BCUT2D eigenvalue weighted by Crippen LogP contribution is -2.38. The van der Waals surface area contributed by atoms with Gasteiger partial charge in [0, 0.05) is 30.4 Å². The summed E-state index contributed by atoms with van der Waals surface area (Å²) in [6.45, 7) is 2.23. The third-order valence-electron chi connectivity index (χ3n) is 4.31. The summed E-state index contributed by atoms with van der Waals surface area (Å²) >= 11 is 1.74. The molecule has 1 aliphatic rings. The number of amides is 1. The number of aromatic nitrogens is 1. The van der Waals surface area contributed by atoms with Crippen LogP contribution in [0.4, 0.5) is 0 Å². The molecule has 4 nitrogen and oxygen atoms in total. The van der Waals surface area contributed by atoms with Crippen molar-refractivity contribution in [3.05, 3.63) is 46.4 Å². The zero-order valence-corrected chi connectivity index (χ0v) is 13.8. The minimum atomic E-state index is 0.137. The van der Waals surface area contributed by atoms with Gasteiger partial charge in [-0.1, -0.05) is 6.07 Å². The topological polar surface area (TPSA) is 37.3 Å². The Morgan fingerprint density at radius 1 is 1.41 bits per heavy atom. The number of hydrogen-bond acceptors (Lipinski definition) is 3. The summed E-state index contributed by atoms with van der Waals surface area (Å²) in [5, 5.41) is 5.12. The molecule has 1 N–H and O–H groups in total. The van der Waals surface area contributed by atoms with Gasteiger partial charge in [-0.25, -0.2) is 0 Å². The van der Waals surface area contributed by atoms with Gasteiger partial charge in [-0.3, -0.25) is 9.69 Å². The molecular weight excluding hydrogens is 294 g/mol. The summed E-state index contributed by atoms with van der Waals surface area (Å²) in [5.41, 5.74) is 1.31. The molecule has 1 amide bonds. The van der Waals surface area contributed by atoms with Crippen molar-refractivity contribution in [2.45, 2.75) is 25.3 Å². The zero-order valence-electron chi connectivity index (χ0n) is 13.0. The largest absolute Gasteiger partial charge is 0.355 e. The molecule has 3 heterocycles. The Balaban J connectivity index is 1.49. The van der Waals surface area contributed by atoms with Crippen LogP contribution in [-0.4, -0.2) is 35.0 Å². The van der Waals surface area contributed by atoms with Crippen LogP contribution in [0, 0.1) is 0 Å². The zero-order chi connectivity index (χ0) is 15.4. The number of nitrogens with one attached hydrogen (secondary N) is 1. The molecular formula is C17H23N3OS. The lowest BCUT2D eigenvalue weighted by Gasteiger charge is -2.24. The van der Waals surface area contributed by atoms with E-state index >= 15 is 0 Å². The van der Waals surface area contributed by atoms with Gasteiger partial charge in [0.2, 0.25) is 5.91 Å². The molecule has 1 unspecified atom stereocenters. The van der Waals surface area contributed by atoms with Crippen molar-refractivity contribution < 1.29 is 4.79 Å². The van der Waals surface area contributed by atoms with Crippen LogP contribution in [0.25, 0.3) is 0 Å². The van der Waals surface area contributed by atoms with Gasteiger partial charge >= 0.3 is 0 Å². The Morgan fingerprint density at radius 2 is 2.32 bits per heavy atom. The molecule has 1 aliphatic heterocycles. The third-order valence-corrected chi connectivity index (χ3v) is 5.25. The molecule has 2 aromatic heterocycles. The SMILES string of the molecule is Cn1cccc1C1CCCN1CC(=O)NCCc1cccs1. The second-order valence-corrected chi connectivity index (χ2v) is 6.88. The highest BCUT2D eigenvalue weighted by Crippen LogP contribution is 2.31. The lowest BCUT2D eigenvalue weighted by atomic mass is 10.1. The van der Waals surface area contributed by atoms with Crippen LogP contribution < -0.4 is 5.32 Å². The average molecular weight is 317 g/mol. The highest BCUT2D eigenvalue weighted by atomic mass is 32.1. The molecule has 0 aromatic carbocycles. The number of aryl methyl sites for hydroxylation is 1. The molecule has 22 heavy (non-hydrogen) atoms. The fraction of sp³-hybridized carbons (Fsp3) is 0.471. The van der Waals surface area contributed by atoms with Gasteiger partial charge in [0.05, 0.1) is 12.6 Å². The van der Waals surface area contributed by atoms with Crippen molar-refractivity contribution in [3.8, 4) is 0 Å². The lowest BCUT2D eigenvalue weighted by molar-refractivity contribution is -0.122. The first-order valence-corrected chi connectivity index (χ1v) is 8.76. The normalized spacial score (nSPS) is 18.7. The quantitative estimate of drug-likeness (QED) is 0.889. The van der Waals surface area contributed by atoms with Crippen molar-refractivity contribution in [3.63, 3.8) is 0 Å². The fourth-order valence-corrected chi connectivity index (χ4v) is 3.90. The van der Waals surface area contributed by atoms with Crippen molar-refractivity contribution in [2.24, 2.45) is 7.05 Å². The van der Waals surface area contributed by atoms with Gasteiger partial charge in [-0.05, 0) is 49.4 Å². The number of thiophene rings is 1. The van der Waals surface area contributed by atoms with Crippen molar-refractivity contribution in [2.75, 3.05) is 19.6 Å². The van der Waals surface area contributed by atoms with Gasteiger partial charge in [-0.2, -0.15) is 0 Å². The first-order chi connectivity index (χ1) is 10.7. The fourth-order valence-electron chi connectivity index (χ4n) is 3.19. The second kappa shape index (κ2) is 7.11. The molecule has 0 bridgehead atoms. The first-order valence-electron chi connectivity index (χ1n) is 7.88. The smallest absolute Gasteiger partial charge is 0.234 e. The van der Waals surface area contributed by atoms with E-state index in [4.69, 9.17) is 0 Å². The number of likely N-dealkylation sites (tertiary alicyclic amines) is 1. The molecule has 1 saturated heterocycles. The van der Waals surface area contributed by atoms with E-state index in [9.17, 15) is 4.79 Å². The minimum absolute atomic E-state index is 0.137. The monoisotopic (exact) mass is 317 g/mol. The number of nitrogens with zero attached hydrogens (tertiary/aromatic N) is 2. The standard InChI is InChI=1S/C17H23N3OS/c1-19-10-2-6-15(19)16-7-3-11-20(16)13-17(21)18-9-8-14-5-4-12-22-14/h2,4-6,10,12,16H,3,7-9,11,13H2,1H3,(H,18,21). The Morgan fingerprint density at radius 3 is 3.05 bits per heavy atom. The first kappa shape index (κ1) is 15.3. The van der Waals surface area contributed by atoms with Crippen LogP contribution in [0.15, 0.2) is 35.8 Å². The van der Waals surface area contributed by atoms with E-state index in [2.05, 4.69) is 57.7 Å². The van der Waals surface area contributed by atoms with Crippen molar-refractivity contribution >= 4 is 17.2 Å². The van der Waals surface area contributed by atoms with E-state index in [0.717, 1.165) is 25.9 Å². The van der Waals surface area contributed by atoms with Gasteiger partial charge in [0.25, 0.3) is 0 Å². The molecule has 0 radical (unpaired) electrons. The molecule has 118 valence electrons. The van der Waals surface area contributed by atoms with E-state index in [1.165, 1.54) is 17.0 Å². The number of carbonyl (C=O) groups is 1. The second-order valence-electron chi connectivity index (χ2n) is 5.85. The van der Waals surface area contributed by atoms with Crippen LogP contribution in [0.2, 0.25) is 0 Å². The van der Waals surface area contributed by atoms with E-state index in [0.29, 0.717) is 12.6 Å². The minimum Gasteiger partial charge on any atom is -0.355 e. The summed E-state index contributed by atoms with van der Waals surface area (Å²) < 4.78 is 2.16. The average Bonchev–Trinajstić information content (AvgIpc) is 3.21. The predicted octanol–water partition coefficient (Wildman–Crippen LogP) is 2.58. The maximum atomic E-state index is 12.2. The van der Waals surface area contributed by atoms with Crippen LogP contribution >= 0.6 is 11.3 Å². The summed E-state index contributed by atoms with van der Waals surface area (Å²) in [7, 11) is 2.08. The number of rotatable bonds is 6. The van der Waals surface area contributed by atoms with Gasteiger partial charge in [0.15, 0.2) is 0 Å². The number of carbonyl (C=O) groups excluding carboxylic acids is 1. The number of hydrogen-bond donors (Lipinski definition) is 1. The Kier molecular flexibility index (Phi) is 4.95. The van der Waals surface area contributed by atoms with Gasteiger partial charge in [0.1, 0.15) is 0 Å². The highest BCUT2D eigenvalue weighted by Gasteiger charge is 2.28. The molecule has 5 heteroatoms. The summed E-state index contributed by atoms with van der Waals surface area (Å²) in [5.74, 6) is 0.137. The van der Waals surface area contributed by atoms with Crippen LogP contribution in [0.5, 0.6) is 0 Å². The Bertz CT molecular complexity index is 605. The molecule has 3 rings (SSSR count). The molecule has 0 spiro atoms. The van der Waals surface area contributed by atoms with Crippen LogP contribution in [0.3, 0.4) is 0 Å². The van der Waals surface area contributed by atoms with Crippen molar-refractivity contribution in [1.82, 2.24) is 14.8 Å². The molecule has 0 saturated carbocycles. The maximum absolute atomic E-state index is 12.2. The van der Waals surface area contributed by atoms with E-state index in [1.807, 2.05) is 0 Å². The highest BCUT2D eigenvalue weighted by molar-refractivity contribution is 7.09. The van der Waals surface area contributed by atoms with E-state index in [1.54, 1.807) is 11.3 Å². The Hall–Kier alpha value is -1.59. The van der Waals surface area contributed by atoms with Gasteiger partial charge < -0.3 is 9.88 Å². The third kappa shape index (κ3) is 3.59. The summed E-state index contributed by atoms with van der Waals surface area (Å²) in [6, 6.07) is 8.78. The van der Waals surface area contributed by atoms with Crippen LogP contribution in [-0.2, 0) is 18.3 Å². The Labute approximate surface area is 135 Å². The molecule has 0 aliphatic carbocycles. The van der Waals surface area contributed by atoms with Crippen LogP contribution in [0.1, 0.15) is 29.5 Å². The summed E-state index contributed by atoms with van der Waals surface area (Å²) in [6.07, 6.45) is 5.30. The maximum Gasteiger partial charge on any atom is 0.234 e. The van der Waals surface area contributed by atoms with E-state index < -0.39 is 0 Å². The molecule has 2 aromatic rings. The van der Waals surface area contributed by atoms with Gasteiger partial charge in [-0.15, -0.1) is 11.3 Å². The molecule has 1 fully saturated rings. The summed E-state index contributed by atoms with van der Waals surface area (Å²) in [4.78, 5) is 15.8. The van der Waals surface area contributed by atoms with E-state index in [-0.39, 0.29) is 5.91 Å². The van der Waals surface area contributed by atoms with Crippen molar-refractivity contribution in [1.29, 1.82) is 0 Å². The molecule has 1 atom stereocenters.